The molecule has 224 valence electrons. The lowest BCUT2D eigenvalue weighted by Crippen LogP contribution is -2.36. The van der Waals surface area contributed by atoms with Gasteiger partial charge in [-0.15, -0.1) is 0 Å². The number of nitrogens with one attached hydrogen (secondary N) is 1. The summed E-state index contributed by atoms with van der Waals surface area (Å²) < 4.78 is 59.9. The topological polar surface area (TPSA) is 351 Å². The van der Waals surface area contributed by atoms with Crippen LogP contribution in [0.15, 0.2) is 22.0 Å². The van der Waals surface area contributed by atoms with Crippen LogP contribution in [0.4, 0.5) is 11.6 Å². The summed E-state index contributed by atoms with van der Waals surface area (Å²) in [7, 11) is -17.0. The van der Waals surface area contributed by atoms with Gasteiger partial charge in [0.15, 0.2) is 6.23 Å². The summed E-state index contributed by atoms with van der Waals surface area (Å²) in [5, 5.41) is 30.1. The van der Waals surface area contributed by atoms with Crippen LogP contribution < -0.4 is 22.8 Å². The van der Waals surface area contributed by atoms with Crippen LogP contribution in [0.2, 0.25) is 0 Å². The normalized spacial score (nSPS) is 24.4. The Morgan fingerprint density at radius 3 is 2.33 bits per heavy atom. The number of phosphoric ester groups is 1. The molecule has 2 aromatic heterocycles. The maximum atomic E-state index is 13.2. The molecular formula is C15H23N6O16P3. The molecule has 0 saturated carbocycles. The minimum Gasteiger partial charge on any atom is -0.391 e. The van der Waals surface area contributed by atoms with E-state index in [0.29, 0.717) is 4.57 Å². The fourth-order valence-electron chi connectivity index (χ4n) is 3.14. The van der Waals surface area contributed by atoms with E-state index in [-0.39, 0.29) is 22.8 Å². The number of rotatable bonds is 12. The first-order chi connectivity index (χ1) is 18.4. The molecule has 25 heteroatoms. The van der Waals surface area contributed by atoms with Crippen molar-refractivity contribution in [1.29, 1.82) is 0 Å². The minimum absolute atomic E-state index is 0.0318. The number of anilines is 2. The highest BCUT2D eigenvalue weighted by Crippen LogP contribution is 2.68. The van der Waals surface area contributed by atoms with Crippen molar-refractivity contribution in [3.63, 3.8) is 0 Å². The van der Waals surface area contributed by atoms with Crippen LogP contribution in [0, 0.1) is 0 Å². The second kappa shape index (κ2) is 12.2. The SMILES string of the molecule is Nc1nc(=O)n([C@@H]2O[C@H](COP(=O)(OCc3cnc(=O)[nH]c3N)OP(=O)(O)OP(=O)(O)O)[C@@H](O)[C@H]2O)cc1CO. The summed E-state index contributed by atoms with van der Waals surface area (Å²) in [6.45, 7) is -2.61. The summed E-state index contributed by atoms with van der Waals surface area (Å²) in [4.78, 5) is 59.6. The van der Waals surface area contributed by atoms with Gasteiger partial charge in [0, 0.05) is 23.5 Å². The molecule has 1 aliphatic heterocycles. The van der Waals surface area contributed by atoms with Crippen LogP contribution in [0.25, 0.3) is 0 Å². The Bertz CT molecular complexity index is 1490. The van der Waals surface area contributed by atoms with E-state index in [9.17, 15) is 43.5 Å². The highest BCUT2D eigenvalue weighted by molar-refractivity contribution is 7.66. The molecule has 0 radical (unpaired) electrons. The molecule has 0 spiro atoms. The molecule has 0 aromatic carbocycles. The number of nitrogen functional groups attached to an aromatic ring is 2. The standard InChI is InChI=1S/C15H23N6O16P3/c16-11-6(1-18-14(25)19-11)4-33-40(32,37-39(30,31)36-38(27,28)29)34-5-8-9(23)10(24)13(35-8)21-2-7(3-22)12(17)20-15(21)26/h1-2,8-10,13,22-24H,3-5H2,(H,30,31)(H2,17,20,26)(H2,27,28,29)(H3,16,18,19,25)/t8-,9-,10-,13-,40?/m1/s1. The van der Waals surface area contributed by atoms with E-state index >= 15 is 0 Å². The summed E-state index contributed by atoms with van der Waals surface area (Å²) in [6, 6.07) is 0. The number of hydrogen-bond acceptors (Lipinski definition) is 17. The Kier molecular flexibility index (Phi) is 9.82. The third kappa shape index (κ3) is 8.09. The molecule has 2 unspecified atom stereocenters. The smallest absolute Gasteiger partial charge is 0.391 e. The highest BCUT2D eigenvalue weighted by atomic mass is 31.3. The van der Waals surface area contributed by atoms with Crippen LogP contribution in [0.5, 0.6) is 0 Å². The molecule has 0 aliphatic carbocycles. The molecule has 1 fully saturated rings. The maximum absolute atomic E-state index is 13.2. The zero-order chi connectivity index (χ0) is 30.0. The van der Waals surface area contributed by atoms with Crippen LogP contribution in [-0.4, -0.2) is 74.4 Å². The van der Waals surface area contributed by atoms with Crippen LogP contribution in [0.3, 0.4) is 0 Å². The Labute approximate surface area is 221 Å². The maximum Gasteiger partial charge on any atom is 0.490 e. The van der Waals surface area contributed by atoms with Gasteiger partial charge in [0.05, 0.1) is 19.8 Å². The van der Waals surface area contributed by atoms with E-state index in [1.807, 2.05) is 0 Å². The first kappa shape index (κ1) is 32.1. The van der Waals surface area contributed by atoms with Crippen LogP contribution in [-0.2, 0) is 49.3 Å². The van der Waals surface area contributed by atoms with Crippen molar-refractivity contribution in [3.8, 4) is 0 Å². The average Bonchev–Trinajstić information content (AvgIpc) is 3.09. The third-order valence-electron chi connectivity index (χ3n) is 4.96. The van der Waals surface area contributed by atoms with Crippen LogP contribution in [0.1, 0.15) is 17.4 Å². The first-order valence-electron chi connectivity index (χ1n) is 10.5. The second-order valence-corrected chi connectivity index (χ2v) is 12.4. The summed E-state index contributed by atoms with van der Waals surface area (Å²) in [5.41, 5.74) is 8.98. The monoisotopic (exact) mass is 636 g/mol. The van der Waals surface area contributed by atoms with Crippen molar-refractivity contribution in [1.82, 2.24) is 19.5 Å². The molecule has 0 amide bonds. The molecule has 1 saturated heterocycles. The van der Waals surface area contributed by atoms with Gasteiger partial charge in [0.25, 0.3) is 0 Å². The predicted molar refractivity (Wildman–Crippen MR) is 126 cm³/mol. The van der Waals surface area contributed by atoms with Gasteiger partial charge in [0.1, 0.15) is 29.9 Å². The van der Waals surface area contributed by atoms with E-state index in [1.165, 1.54) is 0 Å². The fourth-order valence-corrected chi connectivity index (χ4v) is 6.70. The Balaban J connectivity index is 1.83. The van der Waals surface area contributed by atoms with Crippen molar-refractivity contribution < 1.29 is 66.1 Å². The van der Waals surface area contributed by atoms with Gasteiger partial charge in [0.2, 0.25) is 0 Å². The van der Waals surface area contributed by atoms with Crippen molar-refractivity contribution in [3.05, 3.63) is 44.5 Å². The van der Waals surface area contributed by atoms with E-state index in [0.717, 1.165) is 12.4 Å². The zero-order valence-corrected chi connectivity index (χ0v) is 22.4. The Morgan fingerprint density at radius 1 is 1.05 bits per heavy atom. The molecule has 22 nitrogen and oxygen atoms in total. The van der Waals surface area contributed by atoms with E-state index in [4.69, 9.17) is 35.0 Å². The van der Waals surface area contributed by atoms with Crippen LogP contribution >= 0.6 is 23.5 Å². The van der Waals surface area contributed by atoms with Gasteiger partial charge in [-0.25, -0.2) is 28.3 Å². The van der Waals surface area contributed by atoms with Gasteiger partial charge in [-0.05, 0) is 0 Å². The molecule has 1 aliphatic rings. The van der Waals surface area contributed by atoms with Crippen molar-refractivity contribution in [2.24, 2.45) is 0 Å². The third-order valence-corrected chi connectivity index (χ3v) is 9.17. The predicted octanol–water partition coefficient (Wildman–Crippen LogP) is -2.83. The van der Waals surface area contributed by atoms with Gasteiger partial charge in [-0.2, -0.15) is 13.6 Å². The van der Waals surface area contributed by atoms with E-state index in [1.54, 1.807) is 0 Å². The number of aromatic amines is 1. The number of aromatic nitrogens is 4. The average molecular weight is 636 g/mol. The number of H-pyrrole nitrogens is 1. The lowest BCUT2D eigenvalue weighted by Gasteiger charge is -2.22. The number of nitrogens with two attached hydrogens (primary N) is 2. The largest absolute Gasteiger partial charge is 0.490 e. The molecule has 3 heterocycles. The van der Waals surface area contributed by atoms with Crippen molar-refractivity contribution in [2.45, 2.75) is 37.8 Å². The summed E-state index contributed by atoms with van der Waals surface area (Å²) >= 11 is 0. The molecule has 6 atom stereocenters. The lowest BCUT2D eigenvalue weighted by molar-refractivity contribution is -0.0554. The number of aliphatic hydroxyl groups is 3. The van der Waals surface area contributed by atoms with Gasteiger partial charge < -0.3 is 46.2 Å². The molecule has 0 bridgehead atoms. The minimum atomic E-state index is -5.87. The van der Waals surface area contributed by atoms with Gasteiger partial charge >= 0.3 is 34.8 Å². The molecular weight excluding hydrogens is 613 g/mol. The lowest BCUT2D eigenvalue weighted by atomic mass is 10.1. The van der Waals surface area contributed by atoms with Crippen molar-refractivity contribution >= 4 is 35.1 Å². The quantitative estimate of drug-likeness (QED) is 0.106. The van der Waals surface area contributed by atoms with Crippen molar-refractivity contribution in [2.75, 3.05) is 18.1 Å². The van der Waals surface area contributed by atoms with E-state index < -0.39 is 79.2 Å². The van der Waals surface area contributed by atoms with Gasteiger partial charge in [-0.3, -0.25) is 18.6 Å². The number of ether oxygens (including phenoxy) is 1. The second-order valence-electron chi connectivity index (χ2n) is 7.81. The summed E-state index contributed by atoms with van der Waals surface area (Å²) in [5.74, 6) is -0.647. The highest BCUT2D eigenvalue weighted by Gasteiger charge is 2.48. The fraction of sp³-hybridized carbons (Fsp3) is 0.467. The molecule has 2 aromatic rings. The summed E-state index contributed by atoms with van der Waals surface area (Å²) in [6.07, 6.45) is -5.15. The Morgan fingerprint density at radius 2 is 1.73 bits per heavy atom. The number of hydrogen-bond donors (Lipinski definition) is 9. The Hall–Kier alpha value is -2.39. The first-order valence-corrected chi connectivity index (χ1v) is 15.0. The zero-order valence-electron chi connectivity index (χ0n) is 19.7. The molecule has 40 heavy (non-hydrogen) atoms. The van der Waals surface area contributed by atoms with E-state index in [2.05, 4.69) is 23.6 Å². The molecule has 3 rings (SSSR count). The number of aliphatic hydroxyl groups excluding tert-OH is 3. The van der Waals surface area contributed by atoms with Gasteiger partial charge in [-0.1, -0.05) is 0 Å². The number of phosphoric acid groups is 3. The molecule has 11 N–H and O–H groups in total. The number of nitrogens with zero attached hydrogens (tertiary/aromatic N) is 3.